The van der Waals surface area contributed by atoms with E-state index in [1.54, 1.807) is 12.4 Å². The quantitative estimate of drug-likeness (QED) is 0.683. The van der Waals surface area contributed by atoms with Crippen LogP contribution in [-0.2, 0) is 19.6 Å². The Kier molecular flexibility index (Phi) is 5.00. The predicted octanol–water partition coefficient (Wildman–Crippen LogP) is 2.18. The molecular formula is C19H25N7O. The minimum Gasteiger partial charge on any atom is -0.359 e. The highest BCUT2D eigenvalue weighted by molar-refractivity contribution is 5.57. The first kappa shape index (κ1) is 17.8. The average molecular weight is 367 g/mol. The molecule has 0 saturated heterocycles. The summed E-state index contributed by atoms with van der Waals surface area (Å²) in [6.45, 7) is 4.35. The Morgan fingerprint density at radius 3 is 2.70 bits per heavy atom. The van der Waals surface area contributed by atoms with Gasteiger partial charge in [0, 0.05) is 42.5 Å². The summed E-state index contributed by atoms with van der Waals surface area (Å²) >= 11 is 0. The molecule has 0 unspecified atom stereocenters. The first-order valence-electron chi connectivity index (χ1n) is 9.36. The zero-order valence-electron chi connectivity index (χ0n) is 15.7. The fourth-order valence-electron chi connectivity index (χ4n) is 3.59. The number of aromatic nitrogens is 5. The van der Waals surface area contributed by atoms with Gasteiger partial charge in [-0.05, 0) is 38.9 Å². The van der Waals surface area contributed by atoms with E-state index in [0.29, 0.717) is 25.0 Å². The highest BCUT2D eigenvalue weighted by atomic mass is 16.5. The van der Waals surface area contributed by atoms with Gasteiger partial charge >= 0.3 is 0 Å². The van der Waals surface area contributed by atoms with Crippen molar-refractivity contribution < 1.29 is 4.52 Å². The van der Waals surface area contributed by atoms with Gasteiger partial charge in [0.15, 0.2) is 5.76 Å². The molecule has 2 N–H and O–H groups in total. The zero-order chi connectivity index (χ0) is 18.8. The first-order valence-corrected chi connectivity index (χ1v) is 9.36. The molecule has 142 valence electrons. The Balaban J connectivity index is 1.41. The summed E-state index contributed by atoms with van der Waals surface area (Å²) in [6, 6.07) is 6.12. The van der Waals surface area contributed by atoms with Crippen LogP contribution in [0.25, 0.3) is 11.3 Å². The molecule has 3 aromatic heterocycles. The summed E-state index contributed by atoms with van der Waals surface area (Å²) in [6.07, 6.45) is 5.51. The van der Waals surface area contributed by atoms with Crippen LogP contribution in [0.4, 0.5) is 0 Å². The molecule has 1 aliphatic rings. The van der Waals surface area contributed by atoms with Gasteiger partial charge in [-0.25, -0.2) is 0 Å². The van der Waals surface area contributed by atoms with Crippen LogP contribution >= 0.6 is 0 Å². The van der Waals surface area contributed by atoms with Crippen molar-refractivity contribution in [1.82, 2.24) is 29.8 Å². The van der Waals surface area contributed by atoms with E-state index >= 15 is 0 Å². The molecule has 1 fully saturated rings. The third kappa shape index (κ3) is 3.77. The average Bonchev–Trinajstić information content (AvgIpc) is 3.26. The molecule has 4 rings (SSSR count). The fourth-order valence-corrected chi connectivity index (χ4v) is 3.59. The topological polar surface area (TPSA) is 98.9 Å². The number of hydrogen-bond donors (Lipinski definition) is 1. The van der Waals surface area contributed by atoms with Crippen LogP contribution in [0.3, 0.4) is 0 Å². The standard InChI is InChI=1S/C19H25N7O/c1-3-26-18(22-23-19(26)14-8-15(20)9-14)12-25(2)11-16-10-17(24-27-16)13-4-6-21-7-5-13/h4-7,10,14-15H,3,8-9,11-12,20H2,1-2H3. The van der Waals surface area contributed by atoms with E-state index in [2.05, 4.69) is 36.7 Å². The lowest BCUT2D eigenvalue weighted by Gasteiger charge is -2.31. The summed E-state index contributed by atoms with van der Waals surface area (Å²) in [5.74, 6) is 3.31. The van der Waals surface area contributed by atoms with Gasteiger partial charge in [-0.3, -0.25) is 9.88 Å². The van der Waals surface area contributed by atoms with Crippen LogP contribution < -0.4 is 5.73 Å². The Hall–Kier alpha value is -2.58. The summed E-state index contributed by atoms with van der Waals surface area (Å²) in [5.41, 5.74) is 7.75. The molecule has 3 heterocycles. The molecule has 0 atom stereocenters. The van der Waals surface area contributed by atoms with Gasteiger partial charge in [-0.1, -0.05) is 5.16 Å². The van der Waals surface area contributed by atoms with Gasteiger partial charge in [-0.2, -0.15) is 0 Å². The Bertz CT molecular complexity index is 883. The Morgan fingerprint density at radius 2 is 2.00 bits per heavy atom. The number of rotatable bonds is 7. The summed E-state index contributed by atoms with van der Waals surface area (Å²) in [7, 11) is 2.04. The van der Waals surface area contributed by atoms with Crippen molar-refractivity contribution in [1.29, 1.82) is 0 Å². The van der Waals surface area contributed by atoms with Crippen molar-refractivity contribution in [3.63, 3.8) is 0 Å². The van der Waals surface area contributed by atoms with Gasteiger partial charge in [0.1, 0.15) is 17.3 Å². The lowest BCUT2D eigenvalue weighted by Crippen LogP contribution is -2.36. The number of pyridine rings is 1. The molecule has 0 bridgehead atoms. The molecular weight excluding hydrogens is 342 g/mol. The molecule has 1 aliphatic carbocycles. The maximum absolute atomic E-state index is 5.93. The Morgan fingerprint density at radius 1 is 1.22 bits per heavy atom. The van der Waals surface area contributed by atoms with Crippen LogP contribution in [0, 0.1) is 0 Å². The minimum absolute atomic E-state index is 0.309. The van der Waals surface area contributed by atoms with Crippen molar-refractivity contribution in [3.05, 3.63) is 48.0 Å². The van der Waals surface area contributed by atoms with Gasteiger partial charge in [-0.15, -0.1) is 10.2 Å². The summed E-state index contributed by atoms with van der Waals surface area (Å²) in [5, 5.41) is 13.0. The molecule has 0 spiro atoms. The zero-order valence-corrected chi connectivity index (χ0v) is 15.7. The van der Waals surface area contributed by atoms with E-state index in [-0.39, 0.29) is 0 Å². The van der Waals surface area contributed by atoms with E-state index in [1.807, 2.05) is 25.2 Å². The van der Waals surface area contributed by atoms with Crippen LogP contribution in [0.5, 0.6) is 0 Å². The molecule has 27 heavy (non-hydrogen) atoms. The molecule has 1 saturated carbocycles. The second kappa shape index (κ2) is 7.58. The van der Waals surface area contributed by atoms with Crippen LogP contribution in [0.1, 0.15) is 43.1 Å². The van der Waals surface area contributed by atoms with Gasteiger partial charge in [0.05, 0.1) is 13.1 Å². The predicted molar refractivity (Wildman–Crippen MR) is 101 cm³/mol. The molecule has 3 aromatic rings. The number of nitrogens with zero attached hydrogens (tertiary/aromatic N) is 6. The van der Waals surface area contributed by atoms with E-state index < -0.39 is 0 Å². The molecule has 0 radical (unpaired) electrons. The molecule has 8 nitrogen and oxygen atoms in total. The normalized spacial score (nSPS) is 19.4. The maximum Gasteiger partial charge on any atom is 0.151 e. The van der Waals surface area contributed by atoms with E-state index in [9.17, 15) is 0 Å². The lowest BCUT2D eigenvalue weighted by molar-refractivity contribution is 0.257. The maximum atomic E-state index is 5.93. The monoisotopic (exact) mass is 367 g/mol. The van der Waals surface area contributed by atoms with Crippen LogP contribution in [-0.4, -0.2) is 42.9 Å². The lowest BCUT2D eigenvalue weighted by atomic mass is 9.80. The van der Waals surface area contributed by atoms with E-state index in [4.69, 9.17) is 10.3 Å². The number of nitrogens with two attached hydrogens (primary N) is 1. The molecule has 8 heteroatoms. The van der Waals surface area contributed by atoms with Crippen molar-refractivity contribution in [3.8, 4) is 11.3 Å². The Labute approximate surface area is 158 Å². The second-order valence-electron chi connectivity index (χ2n) is 7.23. The van der Waals surface area contributed by atoms with E-state index in [0.717, 1.165) is 48.1 Å². The SMILES string of the molecule is CCn1c(CN(C)Cc2cc(-c3ccncc3)no2)nnc1C1CC(N)C1. The van der Waals surface area contributed by atoms with Gasteiger partial charge < -0.3 is 14.8 Å². The minimum atomic E-state index is 0.309. The molecule has 0 aliphatic heterocycles. The van der Waals surface area contributed by atoms with Crippen LogP contribution in [0.15, 0.2) is 35.1 Å². The van der Waals surface area contributed by atoms with Crippen LogP contribution in [0.2, 0.25) is 0 Å². The summed E-state index contributed by atoms with van der Waals surface area (Å²) < 4.78 is 7.72. The van der Waals surface area contributed by atoms with Crippen molar-refractivity contribution in [2.75, 3.05) is 7.05 Å². The number of hydrogen-bond acceptors (Lipinski definition) is 7. The third-order valence-electron chi connectivity index (χ3n) is 5.08. The highest BCUT2D eigenvalue weighted by Crippen LogP contribution is 2.34. The summed E-state index contributed by atoms with van der Waals surface area (Å²) in [4.78, 5) is 6.19. The molecule has 0 aromatic carbocycles. The van der Waals surface area contributed by atoms with Crippen molar-refractivity contribution in [2.45, 2.75) is 51.4 Å². The van der Waals surface area contributed by atoms with E-state index in [1.165, 1.54) is 0 Å². The smallest absolute Gasteiger partial charge is 0.151 e. The van der Waals surface area contributed by atoms with Gasteiger partial charge in [0.25, 0.3) is 0 Å². The van der Waals surface area contributed by atoms with Gasteiger partial charge in [0.2, 0.25) is 0 Å². The first-order chi connectivity index (χ1) is 13.1. The molecule has 0 amide bonds. The van der Waals surface area contributed by atoms with Crippen molar-refractivity contribution >= 4 is 0 Å². The van der Waals surface area contributed by atoms with Crippen molar-refractivity contribution in [2.24, 2.45) is 5.73 Å². The second-order valence-corrected chi connectivity index (χ2v) is 7.23. The highest BCUT2D eigenvalue weighted by Gasteiger charge is 2.32. The fraction of sp³-hybridized carbons (Fsp3) is 0.474. The third-order valence-corrected chi connectivity index (χ3v) is 5.08. The largest absolute Gasteiger partial charge is 0.359 e.